The van der Waals surface area contributed by atoms with Crippen LogP contribution < -0.4 is 0 Å². The number of Topliss-reactive ketones (excluding diaryl/α,β-unsaturated/α-hetero) is 1. The Kier molecular flexibility index (Phi) is 7.66. The Hall–Kier alpha value is -1.11. The van der Waals surface area contributed by atoms with Gasteiger partial charge in [-0.2, -0.15) is 29.8 Å². The van der Waals surface area contributed by atoms with Crippen molar-refractivity contribution in [1.29, 1.82) is 0 Å². The summed E-state index contributed by atoms with van der Waals surface area (Å²) in [5.74, 6) is 0.134. The Morgan fingerprint density at radius 2 is 1.37 bits per heavy atom. The van der Waals surface area contributed by atoms with Crippen LogP contribution in [-0.4, -0.2) is 5.78 Å². The molecule has 1 nitrogen and oxygen atoms in total. The summed E-state index contributed by atoms with van der Waals surface area (Å²) >= 11 is 0. The average molecular weight is 298 g/mol. The minimum Gasteiger partial charge on any atom is -0.309 e. The summed E-state index contributed by atoms with van der Waals surface area (Å²) in [6.45, 7) is 8.36. The molecule has 0 amide bonds. The largest absolute Gasteiger partial charge is 2.00 e. The standard InChI is InChI=1S/C10H15.C7H7O.Fe/c1-10(2,3)8-9-6-4-5-7-9;1-6(8)7-4-2-3-5-7;/h4-7H,8H2,1-3H3;2-5H,1H3;/q2*-1;+2. The normalized spacial score (nSPS) is 10.1. The van der Waals surface area contributed by atoms with Crippen LogP contribution in [0.25, 0.3) is 0 Å². The Labute approximate surface area is 127 Å². The van der Waals surface area contributed by atoms with E-state index in [4.69, 9.17) is 0 Å². The minimum atomic E-state index is 0. The van der Waals surface area contributed by atoms with Gasteiger partial charge in [-0.05, 0) is 12.3 Å². The third kappa shape index (κ3) is 7.81. The molecule has 2 aromatic rings. The molecular formula is C17H22FeO. The third-order valence-electron chi connectivity index (χ3n) is 2.54. The van der Waals surface area contributed by atoms with Crippen LogP contribution in [-0.2, 0) is 23.5 Å². The molecule has 0 saturated carbocycles. The van der Waals surface area contributed by atoms with Gasteiger partial charge in [0.15, 0.2) is 0 Å². The molecule has 19 heavy (non-hydrogen) atoms. The molecule has 0 radical (unpaired) electrons. The number of ketones is 1. The quantitative estimate of drug-likeness (QED) is 0.450. The summed E-state index contributed by atoms with van der Waals surface area (Å²) in [6.07, 6.45) is 1.18. The van der Waals surface area contributed by atoms with Crippen molar-refractivity contribution in [1.82, 2.24) is 0 Å². The van der Waals surface area contributed by atoms with E-state index in [1.807, 2.05) is 24.3 Å². The Balaban J connectivity index is 0.000000331. The molecule has 0 saturated heterocycles. The van der Waals surface area contributed by atoms with E-state index in [-0.39, 0.29) is 22.9 Å². The predicted octanol–water partition coefficient (Wildman–Crippen LogP) is 4.60. The van der Waals surface area contributed by atoms with Crippen LogP contribution in [0.1, 0.15) is 43.6 Å². The van der Waals surface area contributed by atoms with Crippen molar-refractivity contribution in [2.45, 2.75) is 34.1 Å². The van der Waals surface area contributed by atoms with Crippen molar-refractivity contribution >= 4 is 5.78 Å². The number of carbonyl (C=O) groups is 1. The van der Waals surface area contributed by atoms with Crippen LogP contribution in [0.15, 0.2) is 48.5 Å². The summed E-state index contributed by atoms with van der Waals surface area (Å²) in [5.41, 5.74) is 2.67. The van der Waals surface area contributed by atoms with E-state index < -0.39 is 0 Å². The van der Waals surface area contributed by atoms with Gasteiger partial charge in [0, 0.05) is 0 Å². The van der Waals surface area contributed by atoms with Crippen molar-refractivity contribution in [3.05, 3.63) is 59.7 Å². The van der Waals surface area contributed by atoms with Crippen LogP contribution in [0, 0.1) is 5.41 Å². The van der Waals surface area contributed by atoms with Gasteiger partial charge in [0.2, 0.25) is 0 Å². The van der Waals surface area contributed by atoms with Crippen LogP contribution >= 0.6 is 0 Å². The molecule has 0 bridgehead atoms. The van der Waals surface area contributed by atoms with Crippen molar-refractivity contribution < 1.29 is 21.9 Å². The summed E-state index contributed by atoms with van der Waals surface area (Å²) in [5, 5.41) is 0. The van der Waals surface area contributed by atoms with Gasteiger partial charge < -0.3 is 4.79 Å². The average Bonchev–Trinajstić information content (AvgIpc) is 2.85. The molecule has 0 fully saturated rings. The number of carbonyl (C=O) groups excluding carboxylic acids is 1. The van der Waals surface area contributed by atoms with Crippen molar-refractivity contribution in [2.24, 2.45) is 5.41 Å². The minimum absolute atomic E-state index is 0. The van der Waals surface area contributed by atoms with Gasteiger partial charge in [0.25, 0.3) is 0 Å². The summed E-state index contributed by atoms with van der Waals surface area (Å²) in [6, 6.07) is 15.9. The molecule has 0 unspecified atom stereocenters. The van der Waals surface area contributed by atoms with Gasteiger partial charge in [-0.1, -0.05) is 32.8 Å². The summed E-state index contributed by atoms with van der Waals surface area (Å²) in [7, 11) is 0. The molecule has 0 spiro atoms. The Morgan fingerprint density at radius 1 is 0.947 bits per heavy atom. The third-order valence-corrected chi connectivity index (χ3v) is 2.54. The van der Waals surface area contributed by atoms with Gasteiger partial charge in [-0.15, -0.1) is 0 Å². The first-order valence-electron chi connectivity index (χ1n) is 6.32. The van der Waals surface area contributed by atoms with Crippen molar-refractivity contribution in [3.63, 3.8) is 0 Å². The van der Waals surface area contributed by atoms with E-state index in [1.165, 1.54) is 12.0 Å². The van der Waals surface area contributed by atoms with Gasteiger partial charge in [-0.25, -0.2) is 24.3 Å². The molecule has 0 aliphatic heterocycles. The Bertz CT molecular complexity index is 444. The first kappa shape index (κ1) is 17.9. The number of hydrogen-bond donors (Lipinski definition) is 0. The fraction of sp³-hybridized carbons (Fsp3) is 0.353. The summed E-state index contributed by atoms with van der Waals surface area (Å²) in [4.78, 5) is 10.5. The monoisotopic (exact) mass is 298 g/mol. The molecule has 2 aromatic carbocycles. The molecular weight excluding hydrogens is 276 g/mol. The zero-order valence-electron chi connectivity index (χ0n) is 12.1. The zero-order chi connectivity index (χ0) is 13.6. The predicted molar refractivity (Wildman–Crippen MR) is 77.2 cm³/mol. The Morgan fingerprint density at radius 3 is 1.68 bits per heavy atom. The molecule has 0 aromatic heterocycles. The molecule has 0 atom stereocenters. The van der Waals surface area contributed by atoms with E-state index in [1.54, 1.807) is 6.92 Å². The smallest absolute Gasteiger partial charge is 0.309 e. The van der Waals surface area contributed by atoms with E-state index in [0.29, 0.717) is 5.41 Å². The molecule has 0 aliphatic rings. The van der Waals surface area contributed by atoms with Crippen LogP contribution in [0.4, 0.5) is 0 Å². The first-order chi connectivity index (χ1) is 8.38. The molecule has 0 N–H and O–H groups in total. The SMILES string of the molecule is CC(=O)[c-]1cccc1.CC(C)(C)C[c-]1cccc1.[Fe+2]. The van der Waals surface area contributed by atoms with Gasteiger partial charge in [0.05, 0.1) is 0 Å². The van der Waals surface area contributed by atoms with Crippen LogP contribution in [0.5, 0.6) is 0 Å². The van der Waals surface area contributed by atoms with Gasteiger partial charge in [0.1, 0.15) is 5.78 Å². The van der Waals surface area contributed by atoms with Gasteiger partial charge in [-0.3, -0.25) is 0 Å². The zero-order valence-corrected chi connectivity index (χ0v) is 13.2. The van der Waals surface area contributed by atoms with E-state index in [2.05, 4.69) is 45.0 Å². The first-order valence-corrected chi connectivity index (χ1v) is 6.32. The second-order valence-electron chi connectivity index (χ2n) is 5.76. The van der Waals surface area contributed by atoms with E-state index in [0.717, 1.165) is 5.56 Å². The summed E-state index contributed by atoms with van der Waals surface area (Å²) < 4.78 is 0. The fourth-order valence-corrected chi connectivity index (χ4v) is 1.75. The maximum Gasteiger partial charge on any atom is 2.00 e. The number of hydrogen-bond acceptors (Lipinski definition) is 1. The molecule has 2 heteroatoms. The van der Waals surface area contributed by atoms with E-state index in [9.17, 15) is 4.79 Å². The maximum atomic E-state index is 10.5. The van der Waals surface area contributed by atoms with Crippen LogP contribution in [0.2, 0.25) is 0 Å². The topological polar surface area (TPSA) is 17.1 Å². The van der Waals surface area contributed by atoms with Crippen molar-refractivity contribution in [3.8, 4) is 0 Å². The second-order valence-corrected chi connectivity index (χ2v) is 5.76. The maximum absolute atomic E-state index is 10.5. The molecule has 0 aliphatic carbocycles. The van der Waals surface area contributed by atoms with E-state index >= 15 is 0 Å². The van der Waals surface area contributed by atoms with Crippen molar-refractivity contribution in [2.75, 3.05) is 0 Å². The molecule has 2 rings (SSSR count). The van der Waals surface area contributed by atoms with Gasteiger partial charge >= 0.3 is 17.1 Å². The fourth-order valence-electron chi connectivity index (χ4n) is 1.75. The van der Waals surface area contributed by atoms with Crippen LogP contribution in [0.3, 0.4) is 0 Å². The second kappa shape index (κ2) is 8.14. The molecule has 104 valence electrons. The number of rotatable bonds is 2. The molecule has 0 heterocycles.